The third kappa shape index (κ3) is 2.96. The Labute approximate surface area is 137 Å². The maximum atomic E-state index is 13.0. The first-order chi connectivity index (χ1) is 11.0. The molecule has 2 heterocycles. The number of hydrogen-bond acceptors (Lipinski definition) is 3. The predicted octanol–water partition coefficient (Wildman–Crippen LogP) is 3.27. The number of imidazole rings is 1. The minimum absolute atomic E-state index is 0.0148. The van der Waals surface area contributed by atoms with Crippen molar-refractivity contribution in [2.24, 2.45) is 5.92 Å². The van der Waals surface area contributed by atoms with E-state index < -0.39 is 0 Å². The largest absolute Gasteiger partial charge is 0.373 e. The number of anilines is 2. The summed E-state index contributed by atoms with van der Waals surface area (Å²) in [5.41, 5.74) is 2.61. The van der Waals surface area contributed by atoms with Crippen molar-refractivity contribution < 1.29 is 4.79 Å². The lowest BCUT2D eigenvalue weighted by Crippen LogP contribution is -2.35. The zero-order valence-electron chi connectivity index (χ0n) is 14.2. The smallest absolute Gasteiger partial charge is 0.276 e. The highest BCUT2D eigenvalue weighted by atomic mass is 16.2. The molecule has 0 saturated carbocycles. The monoisotopic (exact) mass is 312 g/mol. The first-order valence-electron chi connectivity index (χ1n) is 8.14. The molecule has 1 aromatic carbocycles. The number of rotatable bonds is 2. The number of H-pyrrole nitrogens is 1. The van der Waals surface area contributed by atoms with Gasteiger partial charge in [-0.05, 0) is 18.1 Å². The minimum atomic E-state index is -0.0148. The van der Waals surface area contributed by atoms with Crippen molar-refractivity contribution in [3.63, 3.8) is 0 Å². The van der Waals surface area contributed by atoms with Crippen molar-refractivity contribution in [2.45, 2.75) is 26.7 Å². The van der Waals surface area contributed by atoms with E-state index in [0.29, 0.717) is 18.2 Å². The molecule has 0 radical (unpaired) electrons. The van der Waals surface area contributed by atoms with Crippen LogP contribution in [-0.2, 0) is 0 Å². The minimum Gasteiger partial charge on any atom is -0.373 e. The molecule has 1 N–H and O–H groups in total. The van der Waals surface area contributed by atoms with Gasteiger partial charge in [0, 0.05) is 26.1 Å². The number of nitrogens with one attached hydrogen (secondary N) is 1. The molecular weight excluding hydrogens is 288 g/mol. The molecule has 122 valence electrons. The average Bonchev–Trinajstić information content (AvgIpc) is 2.97. The van der Waals surface area contributed by atoms with Gasteiger partial charge in [0.25, 0.3) is 5.91 Å². The number of aromatic amines is 1. The molecule has 1 amide bonds. The van der Waals surface area contributed by atoms with E-state index in [-0.39, 0.29) is 11.8 Å². The molecule has 0 spiro atoms. The Morgan fingerprint density at radius 1 is 1.26 bits per heavy atom. The van der Waals surface area contributed by atoms with Gasteiger partial charge in [-0.15, -0.1) is 0 Å². The molecule has 0 fully saturated rings. The lowest BCUT2D eigenvalue weighted by atomic mass is 10.1. The van der Waals surface area contributed by atoms with Crippen molar-refractivity contribution in [2.75, 3.05) is 29.9 Å². The van der Waals surface area contributed by atoms with Gasteiger partial charge in [-0.2, -0.15) is 0 Å². The van der Waals surface area contributed by atoms with Gasteiger partial charge in [0.05, 0.1) is 17.6 Å². The van der Waals surface area contributed by atoms with Crippen molar-refractivity contribution in [3.8, 4) is 0 Å². The zero-order chi connectivity index (χ0) is 16.6. The molecule has 1 atom stereocenters. The molecule has 3 rings (SSSR count). The van der Waals surface area contributed by atoms with Crippen LogP contribution >= 0.6 is 0 Å². The highest BCUT2D eigenvalue weighted by Gasteiger charge is 2.28. The van der Waals surface area contributed by atoms with Crippen LogP contribution in [0.5, 0.6) is 0 Å². The number of carbonyl (C=O) groups excluding carboxylic acids is 1. The summed E-state index contributed by atoms with van der Waals surface area (Å²) < 4.78 is 0. The zero-order valence-corrected chi connectivity index (χ0v) is 14.2. The fraction of sp³-hybridized carbons (Fsp3) is 0.444. The van der Waals surface area contributed by atoms with Gasteiger partial charge in [0.1, 0.15) is 11.5 Å². The normalized spacial score (nSPS) is 18.0. The van der Waals surface area contributed by atoms with E-state index in [1.807, 2.05) is 23.1 Å². The molecule has 1 aromatic heterocycles. The lowest BCUT2D eigenvalue weighted by Gasteiger charge is -2.24. The van der Waals surface area contributed by atoms with Crippen LogP contribution in [0.1, 0.15) is 43.0 Å². The molecule has 5 nitrogen and oxygen atoms in total. The average molecular weight is 312 g/mol. The van der Waals surface area contributed by atoms with Crippen LogP contribution in [0.25, 0.3) is 0 Å². The van der Waals surface area contributed by atoms with Crippen LogP contribution in [-0.4, -0.2) is 36.0 Å². The Morgan fingerprint density at radius 3 is 2.61 bits per heavy atom. The molecule has 0 unspecified atom stereocenters. The van der Waals surface area contributed by atoms with E-state index in [4.69, 9.17) is 0 Å². The summed E-state index contributed by atoms with van der Waals surface area (Å²) in [6.07, 6.45) is 1.65. The van der Waals surface area contributed by atoms with Gasteiger partial charge in [-0.3, -0.25) is 4.79 Å². The van der Waals surface area contributed by atoms with E-state index in [1.165, 1.54) is 0 Å². The summed E-state index contributed by atoms with van der Waals surface area (Å²) in [6.45, 7) is 7.93. The summed E-state index contributed by atoms with van der Waals surface area (Å²) in [4.78, 5) is 24.6. The number of amides is 1. The number of fused-ring (bicyclic) bond motifs is 1. The molecule has 0 bridgehead atoms. The Bertz CT molecular complexity index is 707. The van der Waals surface area contributed by atoms with Crippen molar-refractivity contribution >= 4 is 17.3 Å². The third-order valence-electron chi connectivity index (χ3n) is 4.28. The van der Waals surface area contributed by atoms with Crippen LogP contribution in [0, 0.1) is 5.92 Å². The third-order valence-corrected chi connectivity index (χ3v) is 4.28. The number of nitrogens with zero attached hydrogens (tertiary/aromatic N) is 3. The van der Waals surface area contributed by atoms with E-state index >= 15 is 0 Å². The fourth-order valence-corrected chi connectivity index (χ4v) is 3.13. The van der Waals surface area contributed by atoms with Gasteiger partial charge in [0.15, 0.2) is 0 Å². The quantitative estimate of drug-likeness (QED) is 0.926. The highest BCUT2D eigenvalue weighted by Crippen LogP contribution is 2.33. The van der Waals surface area contributed by atoms with Crippen molar-refractivity contribution in [1.82, 2.24) is 9.97 Å². The first kappa shape index (κ1) is 15.6. The van der Waals surface area contributed by atoms with Crippen LogP contribution in [0.3, 0.4) is 0 Å². The molecule has 1 aliphatic heterocycles. The number of carbonyl (C=O) groups is 1. The Hall–Kier alpha value is -2.30. The van der Waals surface area contributed by atoms with Gasteiger partial charge < -0.3 is 14.8 Å². The Kier molecular flexibility index (Phi) is 4.11. The molecule has 23 heavy (non-hydrogen) atoms. The van der Waals surface area contributed by atoms with Crippen LogP contribution in [0.4, 0.5) is 11.4 Å². The number of hydrogen-bond donors (Lipinski definition) is 1. The second-order valence-electron chi connectivity index (χ2n) is 6.73. The maximum Gasteiger partial charge on any atom is 0.276 e. The van der Waals surface area contributed by atoms with Gasteiger partial charge in [0.2, 0.25) is 0 Å². The summed E-state index contributed by atoms with van der Waals surface area (Å²) >= 11 is 0. The molecule has 2 aromatic rings. The predicted molar refractivity (Wildman–Crippen MR) is 93.2 cm³/mol. The molecule has 0 saturated heterocycles. The Balaban J connectivity index is 1.99. The summed E-state index contributed by atoms with van der Waals surface area (Å²) in [5, 5.41) is 0. The van der Waals surface area contributed by atoms with E-state index in [1.54, 1.807) is 6.20 Å². The van der Waals surface area contributed by atoms with Crippen LogP contribution in [0.2, 0.25) is 0 Å². The standard InChI is InChI=1S/C18H24N4O/c1-12(2)17-19-9-14(20-17)18(23)22-11-13(3)10-21(4)15-7-5-6-8-16(15)22/h5-9,12-13H,10-11H2,1-4H3,(H,19,20)/t13-/m1/s1. The summed E-state index contributed by atoms with van der Waals surface area (Å²) in [6, 6.07) is 8.08. The van der Waals surface area contributed by atoms with E-state index in [2.05, 4.69) is 48.8 Å². The second kappa shape index (κ2) is 6.07. The van der Waals surface area contributed by atoms with Crippen LogP contribution < -0.4 is 9.80 Å². The molecule has 0 aliphatic carbocycles. The van der Waals surface area contributed by atoms with Crippen molar-refractivity contribution in [1.29, 1.82) is 0 Å². The summed E-state index contributed by atoms with van der Waals surface area (Å²) in [7, 11) is 2.08. The van der Waals surface area contributed by atoms with Crippen LogP contribution in [0.15, 0.2) is 30.5 Å². The molecular formula is C18H24N4O. The number of aromatic nitrogens is 2. The second-order valence-corrected chi connectivity index (χ2v) is 6.73. The lowest BCUT2D eigenvalue weighted by molar-refractivity contribution is 0.0980. The molecule has 5 heteroatoms. The summed E-state index contributed by atoms with van der Waals surface area (Å²) in [5.74, 6) is 1.50. The highest BCUT2D eigenvalue weighted by molar-refractivity contribution is 6.06. The molecule has 1 aliphatic rings. The van der Waals surface area contributed by atoms with Gasteiger partial charge in [-0.25, -0.2) is 4.98 Å². The number of benzene rings is 1. The van der Waals surface area contributed by atoms with E-state index in [9.17, 15) is 4.79 Å². The van der Waals surface area contributed by atoms with E-state index in [0.717, 1.165) is 23.7 Å². The Morgan fingerprint density at radius 2 is 1.96 bits per heavy atom. The fourth-order valence-electron chi connectivity index (χ4n) is 3.13. The topological polar surface area (TPSA) is 52.2 Å². The van der Waals surface area contributed by atoms with Gasteiger partial charge in [-0.1, -0.05) is 32.9 Å². The first-order valence-corrected chi connectivity index (χ1v) is 8.14. The van der Waals surface area contributed by atoms with Crippen molar-refractivity contribution in [3.05, 3.63) is 42.0 Å². The SMILES string of the molecule is CC(C)c1ncc(C(=O)N2C[C@H](C)CN(C)c3ccccc32)[nH]1. The van der Waals surface area contributed by atoms with Gasteiger partial charge >= 0.3 is 0 Å². The number of para-hydroxylation sites is 2. The maximum absolute atomic E-state index is 13.0.